The summed E-state index contributed by atoms with van der Waals surface area (Å²) in [5.74, 6) is 0.269. The van der Waals surface area contributed by atoms with Crippen LogP contribution in [-0.4, -0.2) is 21.4 Å². The second-order valence-electron chi connectivity index (χ2n) is 8.73. The minimum absolute atomic E-state index is 0.269. The van der Waals surface area contributed by atoms with E-state index < -0.39 is 0 Å². The molecule has 27 heavy (non-hydrogen) atoms. The van der Waals surface area contributed by atoms with E-state index in [2.05, 4.69) is 68.0 Å². The minimum atomic E-state index is -0.347. The van der Waals surface area contributed by atoms with Gasteiger partial charge in [0.15, 0.2) is 0 Å². The summed E-state index contributed by atoms with van der Waals surface area (Å²) in [5.41, 5.74) is 2.13. The maximum Gasteiger partial charge on any atom is 0.228 e. The molecule has 0 radical (unpaired) electrons. The van der Waals surface area contributed by atoms with E-state index in [-0.39, 0.29) is 11.3 Å². The highest BCUT2D eigenvalue weighted by Crippen LogP contribution is 2.29. The van der Waals surface area contributed by atoms with Crippen LogP contribution in [0.1, 0.15) is 64.1 Å². The first kappa shape index (κ1) is 20.2. The normalized spacial score (nSPS) is 15.7. The number of benzene rings is 1. The molecule has 1 fully saturated rings. The number of rotatable bonds is 5. The lowest BCUT2D eigenvalue weighted by Crippen LogP contribution is -2.46. The molecule has 1 aromatic heterocycles. The fourth-order valence-corrected chi connectivity index (χ4v) is 4.16. The fourth-order valence-electron chi connectivity index (χ4n) is 3.90. The largest absolute Gasteiger partial charge is 0.345 e. The Morgan fingerprint density at radius 2 is 1.78 bits per heavy atom. The molecule has 146 valence electrons. The maximum atomic E-state index is 13.2. The Labute approximate surface area is 171 Å². The van der Waals surface area contributed by atoms with Crippen LogP contribution in [0, 0.1) is 5.41 Å². The fraction of sp³-hybridized carbons (Fsp3) is 0.522. The third-order valence-electron chi connectivity index (χ3n) is 5.44. The summed E-state index contributed by atoms with van der Waals surface area (Å²) in [6, 6.07) is 13.1. The Bertz CT molecular complexity index is 751. The molecule has 4 heteroatoms. The highest BCUT2D eigenvalue weighted by molar-refractivity contribution is 9.10. The molecular formula is C23H31BrN2O. The zero-order valence-electron chi connectivity index (χ0n) is 16.7. The van der Waals surface area contributed by atoms with Gasteiger partial charge in [0.05, 0.1) is 6.54 Å². The van der Waals surface area contributed by atoms with E-state index in [4.69, 9.17) is 0 Å². The number of hydrogen-bond acceptors (Lipinski definition) is 1. The molecule has 0 N–H and O–H groups in total. The van der Waals surface area contributed by atoms with Crippen molar-refractivity contribution in [2.45, 2.75) is 72.0 Å². The Balaban J connectivity index is 1.80. The first-order chi connectivity index (χ1) is 12.8. The van der Waals surface area contributed by atoms with E-state index in [0.717, 1.165) is 23.9 Å². The molecule has 0 unspecified atom stereocenters. The topological polar surface area (TPSA) is 25.2 Å². The first-order valence-electron chi connectivity index (χ1n) is 10.0. The molecule has 1 aliphatic carbocycles. The van der Waals surface area contributed by atoms with E-state index in [0.29, 0.717) is 12.6 Å². The summed E-state index contributed by atoms with van der Waals surface area (Å²) in [4.78, 5) is 15.4. The van der Waals surface area contributed by atoms with Crippen molar-refractivity contribution >= 4 is 21.8 Å². The Kier molecular flexibility index (Phi) is 6.46. The molecule has 2 aromatic rings. The van der Waals surface area contributed by atoms with E-state index in [1.165, 1.54) is 30.5 Å². The summed E-state index contributed by atoms with van der Waals surface area (Å²) in [6.07, 6.45) is 8.16. The Hall–Kier alpha value is -1.55. The summed E-state index contributed by atoms with van der Waals surface area (Å²) in [5, 5.41) is 0. The third-order valence-corrected chi connectivity index (χ3v) is 5.97. The molecule has 1 heterocycles. The highest BCUT2D eigenvalue weighted by Gasteiger charge is 2.33. The van der Waals surface area contributed by atoms with Crippen molar-refractivity contribution in [3.05, 3.63) is 58.3 Å². The van der Waals surface area contributed by atoms with Crippen LogP contribution in [0.25, 0.3) is 0 Å². The van der Waals surface area contributed by atoms with Gasteiger partial charge in [0.25, 0.3) is 0 Å². The average Bonchev–Trinajstić information content (AvgIpc) is 3.08. The van der Waals surface area contributed by atoms with E-state index in [9.17, 15) is 4.79 Å². The molecule has 1 aromatic carbocycles. The maximum absolute atomic E-state index is 13.2. The molecule has 3 rings (SSSR count). The quantitative estimate of drug-likeness (QED) is 0.570. The SMILES string of the molecule is CC(C)(C)C(=O)N(Cc1cccn1Cc1ccc(Br)cc1)C1CCCCC1. The van der Waals surface area contributed by atoms with Crippen molar-refractivity contribution in [1.82, 2.24) is 9.47 Å². The number of hydrogen-bond donors (Lipinski definition) is 0. The molecular weight excluding hydrogens is 400 g/mol. The number of nitrogens with zero attached hydrogens (tertiary/aromatic N) is 2. The summed E-state index contributed by atoms with van der Waals surface area (Å²) < 4.78 is 3.37. The smallest absolute Gasteiger partial charge is 0.228 e. The van der Waals surface area contributed by atoms with Crippen molar-refractivity contribution in [3.8, 4) is 0 Å². The second-order valence-corrected chi connectivity index (χ2v) is 9.64. The second kappa shape index (κ2) is 8.64. The molecule has 0 atom stereocenters. The van der Waals surface area contributed by atoms with Crippen molar-refractivity contribution in [2.75, 3.05) is 0 Å². The van der Waals surface area contributed by atoms with Gasteiger partial charge in [0, 0.05) is 34.4 Å². The monoisotopic (exact) mass is 430 g/mol. The predicted molar refractivity (Wildman–Crippen MR) is 115 cm³/mol. The van der Waals surface area contributed by atoms with Gasteiger partial charge < -0.3 is 9.47 Å². The lowest BCUT2D eigenvalue weighted by Gasteiger charge is -2.38. The number of amides is 1. The van der Waals surface area contributed by atoms with Gasteiger partial charge in [-0.2, -0.15) is 0 Å². The van der Waals surface area contributed by atoms with Crippen LogP contribution < -0.4 is 0 Å². The molecule has 1 aliphatic rings. The molecule has 3 nitrogen and oxygen atoms in total. The summed E-state index contributed by atoms with van der Waals surface area (Å²) >= 11 is 3.50. The summed E-state index contributed by atoms with van der Waals surface area (Å²) in [7, 11) is 0. The zero-order chi connectivity index (χ0) is 19.4. The van der Waals surface area contributed by atoms with Crippen molar-refractivity contribution < 1.29 is 4.79 Å². The molecule has 1 amide bonds. The molecule has 0 aliphatic heterocycles. The average molecular weight is 431 g/mol. The number of carbonyl (C=O) groups is 1. The van der Waals surface area contributed by atoms with Gasteiger partial charge in [-0.3, -0.25) is 4.79 Å². The highest BCUT2D eigenvalue weighted by atomic mass is 79.9. The van der Waals surface area contributed by atoms with Gasteiger partial charge in [0.2, 0.25) is 5.91 Å². The van der Waals surface area contributed by atoms with Crippen LogP contribution in [0.4, 0.5) is 0 Å². The minimum Gasteiger partial charge on any atom is -0.345 e. The van der Waals surface area contributed by atoms with E-state index in [1.54, 1.807) is 0 Å². The lowest BCUT2D eigenvalue weighted by atomic mass is 9.89. The van der Waals surface area contributed by atoms with Crippen LogP contribution in [0.15, 0.2) is 47.1 Å². The van der Waals surface area contributed by atoms with Gasteiger partial charge >= 0.3 is 0 Å². The van der Waals surface area contributed by atoms with Crippen LogP contribution in [0.2, 0.25) is 0 Å². The van der Waals surface area contributed by atoms with E-state index >= 15 is 0 Å². The lowest BCUT2D eigenvalue weighted by molar-refractivity contribution is -0.143. The van der Waals surface area contributed by atoms with Gasteiger partial charge in [-0.1, -0.05) is 68.1 Å². The van der Waals surface area contributed by atoms with Crippen LogP contribution in [0.5, 0.6) is 0 Å². The van der Waals surface area contributed by atoms with Crippen LogP contribution >= 0.6 is 15.9 Å². The molecule has 0 bridgehead atoms. The zero-order valence-corrected chi connectivity index (χ0v) is 18.3. The van der Waals surface area contributed by atoms with Crippen LogP contribution in [-0.2, 0) is 17.9 Å². The standard InChI is InChI=1S/C23H31BrN2O/c1-23(2,3)22(27)26(20-8-5-4-6-9-20)17-21-10-7-15-25(21)16-18-11-13-19(24)14-12-18/h7,10-15,20H,4-6,8-9,16-17H2,1-3H3. The van der Waals surface area contributed by atoms with Gasteiger partial charge in [-0.15, -0.1) is 0 Å². The molecule has 1 saturated carbocycles. The number of halogens is 1. The van der Waals surface area contributed by atoms with Gasteiger partial charge in [-0.25, -0.2) is 0 Å². The first-order valence-corrected chi connectivity index (χ1v) is 10.8. The number of carbonyl (C=O) groups excluding carboxylic acids is 1. The van der Waals surface area contributed by atoms with Crippen molar-refractivity contribution in [3.63, 3.8) is 0 Å². The van der Waals surface area contributed by atoms with Crippen molar-refractivity contribution in [2.24, 2.45) is 5.41 Å². The molecule has 0 spiro atoms. The van der Waals surface area contributed by atoms with E-state index in [1.807, 2.05) is 20.8 Å². The summed E-state index contributed by atoms with van der Waals surface area (Å²) in [6.45, 7) is 7.63. The van der Waals surface area contributed by atoms with Gasteiger partial charge in [0.1, 0.15) is 0 Å². The predicted octanol–water partition coefficient (Wildman–Crippen LogP) is 6.01. The number of aromatic nitrogens is 1. The third kappa shape index (κ3) is 5.25. The van der Waals surface area contributed by atoms with Gasteiger partial charge in [-0.05, 0) is 42.7 Å². The molecule has 0 saturated heterocycles. The van der Waals surface area contributed by atoms with Crippen LogP contribution in [0.3, 0.4) is 0 Å². The Morgan fingerprint density at radius 1 is 1.11 bits per heavy atom. The van der Waals surface area contributed by atoms with Crippen molar-refractivity contribution in [1.29, 1.82) is 0 Å². The Morgan fingerprint density at radius 3 is 2.41 bits per heavy atom.